The third-order valence-electron chi connectivity index (χ3n) is 5.85. The Balaban J connectivity index is 1.55. The van der Waals surface area contributed by atoms with Crippen LogP contribution in [0.15, 0.2) is 48.5 Å². The van der Waals surface area contributed by atoms with E-state index in [-0.39, 0.29) is 31.3 Å². The second kappa shape index (κ2) is 10.3. The Labute approximate surface area is 188 Å². The molecule has 3 rings (SSSR count). The lowest BCUT2D eigenvalue weighted by Gasteiger charge is -2.28. The number of carboxylic acids is 1. The summed E-state index contributed by atoms with van der Waals surface area (Å²) >= 11 is 0. The average Bonchev–Trinajstić information content (AvgIpc) is 3.06. The number of hydrogen-bond donors (Lipinski definition) is 2. The molecule has 0 radical (unpaired) electrons. The van der Waals surface area contributed by atoms with Gasteiger partial charge < -0.3 is 20.1 Å². The van der Waals surface area contributed by atoms with Crippen LogP contribution in [-0.2, 0) is 14.3 Å². The monoisotopic (exact) mass is 438 g/mol. The lowest BCUT2D eigenvalue weighted by Crippen LogP contribution is -2.43. The summed E-state index contributed by atoms with van der Waals surface area (Å²) in [5, 5.41) is 11.7. The molecular formula is C25H30N2O5. The van der Waals surface area contributed by atoms with Gasteiger partial charge in [-0.05, 0) is 43.0 Å². The predicted octanol–water partition coefficient (Wildman–Crippen LogP) is 4.02. The molecule has 2 atom stereocenters. The fourth-order valence-electron chi connectivity index (χ4n) is 4.37. The number of fused-ring (bicyclic) bond motifs is 3. The Kier molecular flexibility index (Phi) is 7.51. The maximum atomic E-state index is 12.6. The van der Waals surface area contributed by atoms with Crippen molar-refractivity contribution in [1.29, 1.82) is 0 Å². The van der Waals surface area contributed by atoms with Gasteiger partial charge in [0.05, 0.1) is 6.42 Å². The molecule has 0 saturated heterocycles. The van der Waals surface area contributed by atoms with Crippen molar-refractivity contribution in [3.8, 4) is 11.1 Å². The summed E-state index contributed by atoms with van der Waals surface area (Å²) in [7, 11) is 0. The normalized spacial score (nSPS) is 14.1. The highest BCUT2D eigenvalue weighted by atomic mass is 16.5. The zero-order valence-electron chi connectivity index (χ0n) is 18.7. The fourth-order valence-corrected chi connectivity index (χ4v) is 4.37. The zero-order chi connectivity index (χ0) is 23.3. The lowest BCUT2D eigenvalue weighted by molar-refractivity contribution is -0.140. The third kappa shape index (κ3) is 5.28. The molecule has 1 aliphatic carbocycles. The van der Waals surface area contributed by atoms with E-state index >= 15 is 0 Å². The Morgan fingerprint density at radius 1 is 1.00 bits per heavy atom. The number of carboxylic acid groups (broad SMARTS) is 1. The van der Waals surface area contributed by atoms with Crippen molar-refractivity contribution in [2.24, 2.45) is 0 Å². The summed E-state index contributed by atoms with van der Waals surface area (Å²) in [6.07, 6.45) is -0.621. The summed E-state index contributed by atoms with van der Waals surface area (Å²) in [4.78, 5) is 37.4. The molecule has 0 heterocycles. The van der Waals surface area contributed by atoms with Crippen molar-refractivity contribution < 1.29 is 24.2 Å². The van der Waals surface area contributed by atoms with Crippen molar-refractivity contribution in [3.05, 3.63) is 59.7 Å². The highest BCUT2D eigenvalue weighted by molar-refractivity contribution is 5.80. The fraction of sp³-hybridized carbons (Fsp3) is 0.400. The average molecular weight is 439 g/mol. The molecule has 2 aromatic rings. The van der Waals surface area contributed by atoms with E-state index in [0.29, 0.717) is 6.54 Å². The van der Waals surface area contributed by atoms with Crippen LogP contribution in [0.25, 0.3) is 11.1 Å². The molecule has 7 heteroatoms. The molecule has 2 unspecified atom stereocenters. The van der Waals surface area contributed by atoms with E-state index in [4.69, 9.17) is 9.84 Å². The second-order valence-electron chi connectivity index (χ2n) is 8.20. The molecular weight excluding hydrogens is 408 g/mol. The van der Waals surface area contributed by atoms with E-state index in [2.05, 4.69) is 29.6 Å². The minimum Gasteiger partial charge on any atom is -0.481 e. The van der Waals surface area contributed by atoms with Gasteiger partial charge in [-0.2, -0.15) is 0 Å². The molecule has 0 bridgehead atoms. The Morgan fingerprint density at radius 2 is 1.56 bits per heavy atom. The first-order valence-corrected chi connectivity index (χ1v) is 10.9. The third-order valence-corrected chi connectivity index (χ3v) is 5.85. The van der Waals surface area contributed by atoms with Gasteiger partial charge in [-0.3, -0.25) is 9.59 Å². The van der Waals surface area contributed by atoms with Gasteiger partial charge in [0.15, 0.2) is 0 Å². The van der Waals surface area contributed by atoms with Crippen LogP contribution in [-0.4, -0.2) is 53.2 Å². The minimum absolute atomic E-state index is 0.0301. The molecule has 7 nitrogen and oxygen atoms in total. The highest BCUT2D eigenvalue weighted by Gasteiger charge is 2.29. The van der Waals surface area contributed by atoms with E-state index < -0.39 is 24.1 Å². The molecule has 170 valence electrons. The van der Waals surface area contributed by atoms with Crippen molar-refractivity contribution >= 4 is 18.0 Å². The van der Waals surface area contributed by atoms with Crippen molar-refractivity contribution in [2.75, 3.05) is 13.2 Å². The van der Waals surface area contributed by atoms with Crippen LogP contribution in [0.2, 0.25) is 0 Å². The summed E-state index contributed by atoms with van der Waals surface area (Å²) < 4.78 is 5.53. The van der Waals surface area contributed by atoms with Crippen LogP contribution < -0.4 is 5.32 Å². The van der Waals surface area contributed by atoms with Crippen LogP contribution in [0.4, 0.5) is 4.79 Å². The van der Waals surface area contributed by atoms with Crippen molar-refractivity contribution in [1.82, 2.24) is 10.2 Å². The number of nitrogens with zero attached hydrogens (tertiary/aromatic N) is 1. The van der Waals surface area contributed by atoms with Gasteiger partial charge >= 0.3 is 12.1 Å². The van der Waals surface area contributed by atoms with E-state index in [1.807, 2.05) is 24.3 Å². The number of rotatable bonds is 9. The molecule has 0 fully saturated rings. The molecule has 0 aliphatic heterocycles. The molecule has 0 saturated carbocycles. The van der Waals surface area contributed by atoms with E-state index in [9.17, 15) is 14.4 Å². The summed E-state index contributed by atoms with van der Waals surface area (Å²) in [6.45, 7) is 5.86. The van der Waals surface area contributed by atoms with Crippen LogP contribution in [0.3, 0.4) is 0 Å². The van der Waals surface area contributed by atoms with E-state index in [0.717, 1.165) is 22.3 Å². The minimum atomic E-state index is -0.950. The number of hydrogen-bond acceptors (Lipinski definition) is 4. The van der Waals surface area contributed by atoms with Crippen LogP contribution in [0, 0.1) is 0 Å². The van der Waals surface area contributed by atoms with Crippen molar-refractivity contribution in [2.45, 2.75) is 51.6 Å². The first-order chi connectivity index (χ1) is 15.3. The SMILES string of the molecule is CCN(C(=O)CC(C)NC(=O)OCC1c2ccccc2-c2ccccc21)C(C)CC(=O)O. The van der Waals surface area contributed by atoms with Crippen LogP contribution in [0.1, 0.15) is 50.7 Å². The van der Waals surface area contributed by atoms with Gasteiger partial charge in [-0.1, -0.05) is 48.5 Å². The van der Waals surface area contributed by atoms with Gasteiger partial charge in [0.25, 0.3) is 0 Å². The molecule has 32 heavy (non-hydrogen) atoms. The van der Waals surface area contributed by atoms with Gasteiger partial charge in [0, 0.05) is 31.0 Å². The number of benzene rings is 2. The molecule has 1 aliphatic rings. The Bertz CT molecular complexity index is 944. The summed E-state index contributed by atoms with van der Waals surface area (Å²) in [5.41, 5.74) is 4.59. The number of carbonyl (C=O) groups excluding carboxylic acids is 2. The quantitative estimate of drug-likeness (QED) is 0.617. The number of carbonyl (C=O) groups is 3. The first-order valence-electron chi connectivity index (χ1n) is 10.9. The number of ether oxygens (including phenoxy) is 1. The standard InChI is InChI=1S/C25H30N2O5/c1-4-27(17(3)14-24(29)30)23(28)13-16(2)26-25(31)32-15-22-20-11-7-5-9-18(20)19-10-6-8-12-21(19)22/h5-12,16-17,22H,4,13-15H2,1-3H3,(H,26,31)(H,29,30). The zero-order valence-corrected chi connectivity index (χ0v) is 18.7. The lowest BCUT2D eigenvalue weighted by atomic mass is 9.98. The van der Waals surface area contributed by atoms with E-state index in [1.54, 1.807) is 20.8 Å². The van der Waals surface area contributed by atoms with Gasteiger partial charge in [0.2, 0.25) is 5.91 Å². The number of alkyl carbamates (subject to hydrolysis) is 1. The van der Waals surface area contributed by atoms with Crippen molar-refractivity contribution in [3.63, 3.8) is 0 Å². The number of nitrogens with one attached hydrogen (secondary N) is 1. The van der Waals surface area contributed by atoms with Gasteiger partial charge in [0.1, 0.15) is 6.61 Å². The van der Waals surface area contributed by atoms with Crippen LogP contribution in [0.5, 0.6) is 0 Å². The smallest absolute Gasteiger partial charge is 0.407 e. The Morgan fingerprint density at radius 3 is 2.09 bits per heavy atom. The molecule has 0 aromatic heterocycles. The highest BCUT2D eigenvalue weighted by Crippen LogP contribution is 2.44. The van der Waals surface area contributed by atoms with Gasteiger partial charge in [-0.15, -0.1) is 0 Å². The topological polar surface area (TPSA) is 95.9 Å². The molecule has 2 amide bonds. The maximum Gasteiger partial charge on any atom is 0.407 e. The number of amides is 2. The number of aliphatic carboxylic acids is 1. The largest absolute Gasteiger partial charge is 0.481 e. The van der Waals surface area contributed by atoms with E-state index in [1.165, 1.54) is 4.90 Å². The Hall–Kier alpha value is -3.35. The summed E-state index contributed by atoms with van der Waals surface area (Å²) in [5.74, 6) is -1.18. The predicted molar refractivity (Wildman–Crippen MR) is 121 cm³/mol. The maximum absolute atomic E-state index is 12.6. The van der Waals surface area contributed by atoms with Crippen LogP contribution >= 0.6 is 0 Å². The molecule has 2 N–H and O–H groups in total. The molecule has 2 aromatic carbocycles. The second-order valence-corrected chi connectivity index (χ2v) is 8.20. The molecule has 0 spiro atoms. The van der Waals surface area contributed by atoms with Gasteiger partial charge in [-0.25, -0.2) is 4.79 Å². The summed E-state index contributed by atoms with van der Waals surface area (Å²) in [6, 6.07) is 15.4. The first kappa shape index (κ1) is 23.3.